The highest BCUT2D eigenvalue weighted by molar-refractivity contribution is 14.1. The highest BCUT2D eigenvalue weighted by Gasteiger charge is 2.12. The second-order valence-electron chi connectivity index (χ2n) is 5.15. The van der Waals surface area contributed by atoms with Gasteiger partial charge in [-0.15, -0.1) is 5.11 Å². The molecular formula is C17H14I2N4O4. The third-order valence-corrected chi connectivity index (χ3v) is 4.56. The maximum atomic E-state index is 11.5. The van der Waals surface area contributed by atoms with Crippen LogP contribution in [0.15, 0.2) is 52.7 Å². The number of rotatable bonds is 7. The zero-order valence-electron chi connectivity index (χ0n) is 13.8. The van der Waals surface area contributed by atoms with Crippen LogP contribution in [0.5, 0.6) is 0 Å². The predicted molar refractivity (Wildman–Crippen MR) is 119 cm³/mol. The molecule has 10 heteroatoms. The summed E-state index contributed by atoms with van der Waals surface area (Å²) in [5.74, 6) is -1.51. The number of aromatic carboxylic acids is 1. The van der Waals surface area contributed by atoms with E-state index in [1.54, 1.807) is 30.3 Å². The van der Waals surface area contributed by atoms with E-state index in [0.29, 0.717) is 21.5 Å². The minimum atomic E-state index is -1.17. The van der Waals surface area contributed by atoms with E-state index in [0.717, 1.165) is 0 Å². The van der Waals surface area contributed by atoms with Crippen molar-refractivity contribution in [3.8, 4) is 0 Å². The van der Waals surface area contributed by atoms with E-state index in [1.165, 1.54) is 12.1 Å². The number of carboxylic acid groups (broad SMARTS) is 1. The first-order valence-corrected chi connectivity index (χ1v) is 10.6. The highest BCUT2D eigenvalue weighted by atomic mass is 127. The molecule has 2 rings (SSSR count). The number of azo groups is 1. The lowest BCUT2D eigenvalue weighted by Crippen LogP contribution is -2.12. The molecule has 27 heavy (non-hydrogen) atoms. The number of benzene rings is 2. The Hall–Kier alpha value is -2.09. The Morgan fingerprint density at radius 1 is 0.852 bits per heavy atom. The lowest BCUT2D eigenvalue weighted by Gasteiger charge is -2.06. The Morgan fingerprint density at radius 3 is 1.96 bits per heavy atom. The van der Waals surface area contributed by atoms with Crippen molar-refractivity contribution in [3.05, 3.63) is 48.0 Å². The average molecular weight is 592 g/mol. The van der Waals surface area contributed by atoms with E-state index >= 15 is 0 Å². The minimum Gasteiger partial charge on any atom is -0.478 e. The van der Waals surface area contributed by atoms with Crippen molar-refractivity contribution in [1.82, 2.24) is 0 Å². The van der Waals surface area contributed by atoms with Gasteiger partial charge in [0.2, 0.25) is 11.8 Å². The SMILES string of the molecule is O=C(CI)Nc1ccc(N=Nc2ccc(NC(=O)CI)cc2C(=O)O)cc1. The summed E-state index contributed by atoms with van der Waals surface area (Å²) in [5, 5.41) is 22.7. The molecule has 0 unspecified atom stereocenters. The molecule has 0 aliphatic heterocycles. The van der Waals surface area contributed by atoms with Gasteiger partial charge < -0.3 is 15.7 Å². The fourth-order valence-electron chi connectivity index (χ4n) is 1.98. The first-order chi connectivity index (χ1) is 12.9. The molecule has 3 N–H and O–H groups in total. The number of carbonyl (C=O) groups excluding carboxylic acids is 2. The predicted octanol–water partition coefficient (Wildman–Crippen LogP) is 4.55. The fourth-order valence-corrected chi connectivity index (χ4v) is 2.37. The van der Waals surface area contributed by atoms with E-state index in [2.05, 4.69) is 20.9 Å². The molecule has 0 saturated carbocycles. The van der Waals surface area contributed by atoms with E-state index in [-0.39, 0.29) is 27.5 Å². The zero-order chi connectivity index (χ0) is 19.8. The molecule has 0 fully saturated rings. The molecule has 0 atom stereocenters. The van der Waals surface area contributed by atoms with Gasteiger partial charge in [-0.05, 0) is 42.5 Å². The Kier molecular flexibility index (Phi) is 8.09. The molecule has 2 aromatic carbocycles. The van der Waals surface area contributed by atoms with Gasteiger partial charge in [-0.1, -0.05) is 45.2 Å². The van der Waals surface area contributed by atoms with Crippen molar-refractivity contribution in [3.63, 3.8) is 0 Å². The number of hydrogen-bond acceptors (Lipinski definition) is 5. The standard InChI is InChI=1S/C17H14I2N4O4/c18-8-15(24)20-10-1-3-11(4-2-10)22-23-14-6-5-12(21-16(25)9-19)7-13(14)17(26)27/h1-7H,8-9H2,(H,20,24)(H,21,25)(H,26,27). The van der Waals surface area contributed by atoms with Gasteiger partial charge in [0.25, 0.3) is 0 Å². The smallest absolute Gasteiger partial charge is 0.338 e. The summed E-state index contributed by atoms with van der Waals surface area (Å²) in [5.41, 5.74) is 1.61. The van der Waals surface area contributed by atoms with E-state index in [4.69, 9.17) is 0 Å². The van der Waals surface area contributed by atoms with Crippen molar-refractivity contribution in [2.45, 2.75) is 0 Å². The second kappa shape index (κ2) is 10.3. The van der Waals surface area contributed by atoms with E-state index in [1.807, 2.05) is 45.2 Å². The van der Waals surface area contributed by atoms with Crippen molar-refractivity contribution in [2.24, 2.45) is 10.2 Å². The monoisotopic (exact) mass is 592 g/mol. The van der Waals surface area contributed by atoms with Crippen molar-refractivity contribution in [2.75, 3.05) is 19.5 Å². The molecule has 0 bridgehead atoms. The summed E-state index contributed by atoms with van der Waals surface area (Å²) in [7, 11) is 0. The van der Waals surface area contributed by atoms with Crippen LogP contribution in [0.1, 0.15) is 10.4 Å². The van der Waals surface area contributed by atoms with Gasteiger partial charge in [-0.25, -0.2) is 4.79 Å². The molecule has 2 amide bonds. The van der Waals surface area contributed by atoms with Crippen LogP contribution in [0, 0.1) is 0 Å². The minimum absolute atomic E-state index is 0.0732. The largest absolute Gasteiger partial charge is 0.478 e. The normalized spacial score (nSPS) is 10.6. The first kappa shape index (κ1) is 21.2. The quantitative estimate of drug-likeness (QED) is 0.249. The molecule has 0 aliphatic rings. The van der Waals surface area contributed by atoms with Crippen LogP contribution >= 0.6 is 45.2 Å². The molecule has 8 nitrogen and oxygen atoms in total. The molecule has 0 aromatic heterocycles. The molecule has 0 spiro atoms. The number of amides is 2. The van der Waals surface area contributed by atoms with E-state index in [9.17, 15) is 19.5 Å². The summed E-state index contributed by atoms with van der Waals surface area (Å²) >= 11 is 3.88. The molecule has 2 aromatic rings. The number of alkyl halides is 2. The molecule has 140 valence electrons. The maximum Gasteiger partial charge on any atom is 0.338 e. The molecular weight excluding hydrogens is 578 g/mol. The number of hydrogen-bond donors (Lipinski definition) is 3. The molecule has 0 aliphatic carbocycles. The van der Waals surface area contributed by atoms with Gasteiger partial charge in [0, 0.05) is 11.4 Å². The van der Waals surface area contributed by atoms with Gasteiger partial charge in [0.15, 0.2) is 0 Å². The topological polar surface area (TPSA) is 120 Å². The Balaban J connectivity index is 2.19. The van der Waals surface area contributed by atoms with Crippen LogP contribution in [-0.2, 0) is 9.59 Å². The summed E-state index contributed by atoms with van der Waals surface area (Å²) < 4.78 is 0.612. The highest BCUT2D eigenvalue weighted by Crippen LogP contribution is 2.26. The average Bonchev–Trinajstić information content (AvgIpc) is 2.67. The lowest BCUT2D eigenvalue weighted by molar-refractivity contribution is -0.114. The second-order valence-corrected chi connectivity index (χ2v) is 6.67. The number of anilines is 2. The first-order valence-electron chi connectivity index (χ1n) is 7.53. The number of nitrogens with zero attached hydrogens (tertiary/aromatic N) is 2. The Morgan fingerprint density at radius 2 is 1.41 bits per heavy atom. The van der Waals surface area contributed by atoms with Crippen LogP contribution in [0.2, 0.25) is 0 Å². The number of nitrogens with one attached hydrogen (secondary N) is 2. The van der Waals surface area contributed by atoms with Gasteiger partial charge in [0.1, 0.15) is 5.69 Å². The van der Waals surface area contributed by atoms with Crippen molar-refractivity contribution < 1.29 is 19.5 Å². The third-order valence-electron chi connectivity index (χ3n) is 3.18. The van der Waals surface area contributed by atoms with Gasteiger partial charge in [0.05, 0.1) is 20.1 Å². The number of carbonyl (C=O) groups is 3. The summed E-state index contributed by atoms with van der Waals surface area (Å²) in [6.07, 6.45) is 0. The van der Waals surface area contributed by atoms with Crippen LogP contribution < -0.4 is 10.6 Å². The van der Waals surface area contributed by atoms with Crippen LogP contribution in [0.25, 0.3) is 0 Å². The lowest BCUT2D eigenvalue weighted by atomic mass is 10.1. The number of halogens is 2. The van der Waals surface area contributed by atoms with Crippen molar-refractivity contribution >= 4 is 85.7 Å². The van der Waals surface area contributed by atoms with Crippen molar-refractivity contribution in [1.29, 1.82) is 0 Å². The van der Waals surface area contributed by atoms with Crippen LogP contribution in [0.3, 0.4) is 0 Å². The zero-order valence-corrected chi connectivity index (χ0v) is 18.1. The van der Waals surface area contributed by atoms with E-state index < -0.39 is 5.97 Å². The third kappa shape index (κ3) is 6.53. The molecule has 0 saturated heterocycles. The summed E-state index contributed by atoms with van der Waals surface area (Å²) in [6.45, 7) is 0. The fraction of sp³-hybridized carbons (Fsp3) is 0.118. The summed E-state index contributed by atoms with van der Waals surface area (Å²) in [6, 6.07) is 11.0. The number of carboxylic acids is 1. The van der Waals surface area contributed by atoms with Gasteiger partial charge >= 0.3 is 5.97 Å². The Bertz CT molecular complexity index is 885. The molecule has 0 radical (unpaired) electrons. The molecule has 0 heterocycles. The van der Waals surface area contributed by atoms with Gasteiger partial charge in [-0.3, -0.25) is 9.59 Å². The Labute approximate surface area is 182 Å². The van der Waals surface area contributed by atoms with Gasteiger partial charge in [-0.2, -0.15) is 5.11 Å². The van der Waals surface area contributed by atoms with Crippen LogP contribution in [0.4, 0.5) is 22.7 Å². The summed E-state index contributed by atoms with van der Waals surface area (Å²) in [4.78, 5) is 34.2. The maximum absolute atomic E-state index is 11.5. The van der Waals surface area contributed by atoms with Crippen LogP contribution in [-0.4, -0.2) is 31.7 Å².